The monoisotopic (exact) mass is 185 g/mol. The van der Waals surface area contributed by atoms with Gasteiger partial charge in [0.1, 0.15) is 0 Å². The summed E-state index contributed by atoms with van der Waals surface area (Å²) < 4.78 is 0. The molecule has 3 nitrogen and oxygen atoms in total. The highest BCUT2D eigenvalue weighted by atomic mass is 32.1. The molecule has 2 aliphatic rings. The molecular formula is C8H15N3S. The molecule has 0 aromatic heterocycles. The molecule has 2 aliphatic heterocycles. The van der Waals surface area contributed by atoms with Crippen molar-refractivity contribution >= 4 is 18.6 Å². The number of hydrogen-bond acceptors (Lipinski definition) is 4. The van der Waals surface area contributed by atoms with Gasteiger partial charge in [-0.1, -0.05) is 0 Å². The van der Waals surface area contributed by atoms with Crippen molar-refractivity contribution in [2.24, 2.45) is 10.9 Å². The van der Waals surface area contributed by atoms with Gasteiger partial charge in [0.15, 0.2) is 5.96 Å². The van der Waals surface area contributed by atoms with Crippen LogP contribution in [0.5, 0.6) is 0 Å². The lowest BCUT2D eigenvalue weighted by atomic mass is 10.2. The minimum absolute atomic E-state index is 0.762. The van der Waals surface area contributed by atoms with Crippen LogP contribution in [0.15, 0.2) is 4.99 Å². The normalized spacial score (nSPS) is 28.9. The number of thiol groups is 1. The Morgan fingerprint density at radius 1 is 1.67 bits per heavy atom. The van der Waals surface area contributed by atoms with Gasteiger partial charge in [-0.3, -0.25) is 4.99 Å². The number of likely N-dealkylation sites (tertiary alicyclic amines) is 1. The van der Waals surface area contributed by atoms with Gasteiger partial charge in [-0.2, -0.15) is 12.6 Å². The molecule has 0 radical (unpaired) electrons. The van der Waals surface area contributed by atoms with Gasteiger partial charge in [-0.25, -0.2) is 0 Å². The Bertz CT molecular complexity index is 193. The molecule has 2 rings (SSSR count). The quantitative estimate of drug-likeness (QED) is 0.571. The Morgan fingerprint density at radius 3 is 3.17 bits per heavy atom. The molecule has 1 fully saturated rings. The molecule has 1 saturated heterocycles. The van der Waals surface area contributed by atoms with Crippen molar-refractivity contribution in [3.63, 3.8) is 0 Å². The van der Waals surface area contributed by atoms with Crippen LogP contribution in [0.3, 0.4) is 0 Å². The minimum atomic E-state index is 0.762. The van der Waals surface area contributed by atoms with E-state index in [4.69, 9.17) is 0 Å². The molecule has 0 amide bonds. The van der Waals surface area contributed by atoms with Gasteiger partial charge in [0.25, 0.3) is 0 Å². The Hall–Kier alpha value is -0.380. The third-order valence-electron chi connectivity index (χ3n) is 2.50. The second-order valence-electron chi connectivity index (χ2n) is 3.42. The highest BCUT2D eigenvalue weighted by Gasteiger charge is 2.24. The first-order valence-corrected chi connectivity index (χ1v) is 5.17. The van der Waals surface area contributed by atoms with Crippen LogP contribution in [0.1, 0.15) is 6.42 Å². The first-order chi connectivity index (χ1) is 5.90. The van der Waals surface area contributed by atoms with Gasteiger partial charge in [0.2, 0.25) is 0 Å². The Kier molecular flexibility index (Phi) is 2.44. The van der Waals surface area contributed by atoms with E-state index in [0.29, 0.717) is 0 Å². The maximum Gasteiger partial charge on any atom is 0.194 e. The Balaban J connectivity index is 1.90. The lowest BCUT2D eigenvalue weighted by Crippen LogP contribution is -2.37. The molecule has 0 bridgehead atoms. The lowest BCUT2D eigenvalue weighted by Gasteiger charge is -2.17. The summed E-state index contributed by atoms with van der Waals surface area (Å²) in [5.41, 5.74) is 0. The maximum absolute atomic E-state index is 4.39. The molecule has 12 heavy (non-hydrogen) atoms. The predicted molar refractivity (Wildman–Crippen MR) is 53.8 cm³/mol. The molecule has 0 aliphatic carbocycles. The van der Waals surface area contributed by atoms with Crippen LogP contribution in [0.25, 0.3) is 0 Å². The summed E-state index contributed by atoms with van der Waals surface area (Å²) >= 11 is 4.31. The van der Waals surface area contributed by atoms with Crippen molar-refractivity contribution in [1.82, 2.24) is 10.2 Å². The van der Waals surface area contributed by atoms with Gasteiger partial charge >= 0.3 is 0 Å². The molecule has 68 valence electrons. The zero-order valence-electron chi connectivity index (χ0n) is 7.16. The van der Waals surface area contributed by atoms with Crippen molar-refractivity contribution in [2.45, 2.75) is 6.42 Å². The van der Waals surface area contributed by atoms with Gasteiger partial charge < -0.3 is 10.2 Å². The molecule has 1 unspecified atom stereocenters. The van der Waals surface area contributed by atoms with Crippen molar-refractivity contribution in [3.8, 4) is 0 Å². The van der Waals surface area contributed by atoms with E-state index in [9.17, 15) is 0 Å². The summed E-state index contributed by atoms with van der Waals surface area (Å²) in [4.78, 5) is 6.73. The zero-order chi connectivity index (χ0) is 8.39. The fourth-order valence-electron chi connectivity index (χ4n) is 1.77. The van der Waals surface area contributed by atoms with E-state index in [0.717, 1.165) is 43.8 Å². The highest BCUT2D eigenvalue weighted by molar-refractivity contribution is 7.80. The Labute approximate surface area is 78.6 Å². The molecule has 4 heteroatoms. The van der Waals surface area contributed by atoms with Crippen molar-refractivity contribution in [1.29, 1.82) is 0 Å². The third-order valence-corrected chi connectivity index (χ3v) is 3.02. The fraction of sp³-hybridized carbons (Fsp3) is 0.875. The summed E-state index contributed by atoms with van der Waals surface area (Å²) in [6.45, 7) is 4.24. The van der Waals surface area contributed by atoms with E-state index >= 15 is 0 Å². The molecular weight excluding hydrogens is 170 g/mol. The van der Waals surface area contributed by atoms with Gasteiger partial charge in [0.05, 0.1) is 6.54 Å². The van der Waals surface area contributed by atoms with Crippen LogP contribution in [-0.4, -0.2) is 42.8 Å². The molecule has 0 aromatic carbocycles. The average Bonchev–Trinajstić information content (AvgIpc) is 2.75. The van der Waals surface area contributed by atoms with E-state index < -0.39 is 0 Å². The van der Waals surface area contributed by atoms with E-state index in [1.807, 2.05) is 0 Å². The fourth-order valence-corrected chi connectivity index (χ4v) is 2.07. The van der Waals surface area contributed by atoms with Crippen LogP contribution >= 0.6 is 12.6 Å². The third kappa shape index (κ3) is 1.53. The number of nitrogens with one attached hydrogen (secondary N) is 1. The van der Waals surface area contributed by atoms with Crippen molar-refractivity contribution < 1.29 is 0 Å². The highest BCUT2D eigenvalue weighted by Crippen LogP contribution is 2.17. The number of aliphatic imine (C=N–C) groups is 1. The molecule has 2 heterocycles. The lowest BCUT2D eigenvalue weighted by molar-refractivity contribution is 0.484. The largest absolute Gasteiger partial charge is 0.354 e. The summed E-state index contributed by atoms with van der Waals surface area (Å²) in [5.74, 6) is 2.88. The van der Waals surface area contributed by atoms with Gasteiger partial charge in [-0.05, 0) is 18.1 Å². The SMILES string of the molecule is SCC1CCN(C2=NCCN2)C1. The molecule has 0 saturated carbocycles. The van der Waals surface area contributed by atoms with Crippen LogP contribution in [0, 0.1) is 5.92 Å². The number of guanidine groups is 1. The predicted octanol–water partition coefficient (Wildman–Crippen LogP) is 0.197. The van der Waals surface area contributed by atoms with Crippen molar-refractivity contribution in [2.75, 3.05) is 31.9 Å². The van der Waals surface area contributed by atoms with Crippen LogP contribution in [-0.2, 0) is 0 Å². The summed E-state index contributed by atoms with van der Waals surface area (Å²) in [5, 5.41) is 3.29. The van der Waals surface area contributed by atoms with E-state index in [2.05, 4.69) is 27.8 Å². The van der Waals surface area contributed by atoms with E-state index in [-0.39, 0.29) is 0 Å². The molecule has 0 spiro atoms. The first-order valence-electron chi connectivity index (χ1n) is 4.54. The minimum Gasteiger partial charge on any atom is -0.354 e. The molecule has 0 aromatic rings. The van der Waals surface area contributed by atoms with Crippen LogP contribution in [0.2, 0.25) is 0 Å². The Morgan fingerprint density at radius 2 is 2.58 bits per heavy atom. The maximum atomic E-state index is 4.39. The second-order valence-corrected chi connectivity index (χ2v) is 3.78. The van der Waals surface area contributed by atoms with E-state index in [1.54, 1.807) is 0 Å². The number of hydrogen-bond donors (Lipinski definition) is 2. The van der Waals surface area contributed by atoms with Crippen LogP contribution in [0.4, 0.5) is 0 Å². The number of rotatable bonds is 1. The second kappa shape index (κ2) is 3.56. The number of nitrogens with zero attached hydrogens (tertiary/aromatic N) is 2. The van der Waals surface area contributed by atoms with Gasteiger partial charge in [-0.15, -0.1) is 0 Å². The smallest absolute Gasteiger partial charge is 0.194 e. The van der Waals surface area contributed by atoms with Gasteiger partial charge in [0, 0.05) is 19.6 Å². The first kappa shape index (κ1) is 8.23. The summed E-state index contributed by atoms with van der Waals surface area (Å²) in [6.07, 6.45) is 1.27. The summed E-state index contributed by atoms with van der Waals surface area (Å²) in [6, 6.07) is 0. The summed E-state index contributed by atoms with van der Waals surface area (Å²) in [7, 11) is 0. The standard InChI is InChI=1S/C8H15N3S/c12-6-7-1-4-11(5-7)8-9-2-3-10-8/h7,12H,1-6H2,(H,9,10). The van der Waals surface area contributed by atoms with Crippen LogP contribution < -0.4 is 5.32 Å². The molecule has 1 N–H and O–H groups in total. The topological polar surface area (TPSA) is 27.6 Å². The average molecular weight is 185 g/mol. The van der Waals surface area contributed by atoms with Crippen molar-refractivity contribution in [3.05, 3.63) is 0 Å². The zero-order valence-corrected chi connectivity index (χ0v) is 8.06. The van der Waals surface area contributed by atoms with E-state index in [1.165, 1.54) is 6.42 Å². The molecule has 1 atom stereocenters.